The number of aliphatic hydroxyl groups excluding tert-OH is 1. The van der Waals surface area contributed by atoms with Crippen LogP contribution in [-0.4, -0.2) is 124 Å². The highest BCUT2D eigenvalue weighted by Gasteiger charge is 2.39. The van der Waals surface area contributed by atoms with Gasteiger partial charge in [0, 0.05) is 73.5 Å². The van der Waals surface area contributed by atoms with Crippen molar-refractivity contribution >= 4 is 64.7 Å². The van der Waals surface area contributed by atoms with Crippen LogP contribution in [0.4, 0.5) is 38.1 Å². The molecule has 1 aliphatic heterocycles. The summed E-state index contributed by atoms with van der Waals surface area (Å²) in [5.74, 6) is -8.87. The van der Waals surface area contributed by atoms with E-state index in [4.69, 9.17) is 27.1 Å². The Balaban J connectivity index is 0.00000175. The number of nitrogens with one attached hydrogen (secondary N) is 3. The number of carbonyl (C=O) groups is 9. The predicted molar refractivity (Wildman–Crippen MR) is 273 cm³/mol. The Morgan fingerprint density at radius 3 is 1.99 bits per heavy atom. The number of nitrogens with two attached hydrogens (primary N) is 3. The van der Waals surface area contributed by atoms with Gasteiger partial charge in [0.15, 0.2) is 0 Å². The average Bonchev–Trinajstić information content (AvgIpc) is 3.93. The number of benzene rings is 3. The fourth-order valence-electron chi connectivity index (χ4n) is 8.31. The van der Waals surface area contributed by atoms with Crippen molar-refractivity contribution in [2.75, 3.05) is 36.0 Å². The molecule has 2 heterocycles. The topological polar surface area (TPSA) is 323 Å². The Hall–Kier alpha value is -8.52. The lowest BCUT2D eigenvalue weighted by Gasteiger charge is -2.41. The molecule has 0 saturated heterocycles. The molecule has 3 aromatic carbocycles. The molecule has 0 unspecified atom stereocenters. The van der Waals surface area contributed by atoms with Gasteiger partial charge in [-0.25, -0.2) is 23.3 Å². The van der Waals surface area contributed by atoms with Gasteiger partial charge in [0.1, 0.15) is 30.3 Å². The Bertz CT molecular complexity index is 2840. The van der Waals surface area contributed by atoms with Gasteiger partial charge in [-0.15, -0.1) is 0 Å². The van der Waals surface area contributed by atoms with Crippen LogP contribution in [0, 0.1) is 17.0 Å². The van der Waals surface area contributed by atoms with Gasteiger partial charge in [0.2, 0.25) is 29.5 Å². The summed E-state index contributed by atoms with van der Waals surface area (Å²) in [6.07, 6.45) is -1.47. The van der Waals surface area contributed by atoms with Crippen molar-refractivity contribution in [3.05, 3.63) is 120 Å². The zero-order valence-corrected chi connectivity index (χ0v) is 42.9. The van der Waals surface area contributed by atoms with Crippen LogP contribution < -0.4 is 43.0 Å². The number of primary amides is 2. The predicted octanol–water partition coefficient (Wildman–Crippen LogP) is 3.52. The first-order chi connectivity index (χ1) is 36.5. The molecule has 0 bridgehead atoms. The zero-order chi connectivity index (χ0) is 58.2. The van der Waals surface area contributed by atoms with Crippen molar-refractivity contribution < 1.29 is 75.3 Å². The number of imide groups is 1. The smallest absolute Gasteiger partial charge is 0.475 e. The summed E-state index contributed by atoms with van der Waals surface area (Å²) in [4.78, 5) is 115. The van der Waals surface area contributed by atoms with Gasteiger partial charge in [-0.2, -0.15) is 13.2 Å². The summed E-state index contributed by atoms with van der Waals surface area (Å²) in [7, 11) is 0. The Morgan fingerprint density at radius 1 is 0.821 bits per heavy atom. The summed E-state index contributed by atoms with van der Waals surface area (Å²) in [6.45, 7) is 6.14. The number of hydrogen-bond donors (Lipinski definition) is 8. The van der Waals surface area contributed by atoms with Crippen LogP contribution >= 0.6 is 0 Å². The molecule has 21 nitrogen and oxygen atoms in total. The maximum atomic E-state index is 15.2. The van der Waals surface area contributed by atoms with Crippen LogP contribution in [0.15, 0.2) is 97.2 Å². The van der Waals surface area contributed by atoms with Gasteiger partial charge < -0.3 is 52.8 Å². The van der Waals surface area contributed by atoms with E-state index in [1.165, 1.54) is 36.1 Å². The third-order valence-corrected chi connectivity index (χ3v) is 11.9. The number of urea groups is 1. The number of aliphatic carboxylic acids is 1. The molecule has 0 fully saturated rings. The number of hydrogen-bond acceptors (Lipinski definition) is 11. The third-order valence-electron chi connectivity index (χ3n) is 11.9. The van der Waals surface area contributed by atoms with Gasteiger partial charge in [-0.3, -0.25) is 38.5 Å². The number of amides is 9. The second kappa shape index (κ2) is 27.5. The summed E-state index contributed by atoms with van der Waals surface area (Å²) in [5, 5.41) is 24.9. The molecule has 78 heavy (non-hydrogen) atoms. The fourth-order valence-corrected chi connectivity index (χ4v) is 8.31. The van der Waals surface area contributed by atoms with E-state index in [2.05, 4.69) is 16.0 Å². The van der Waals surface area contributed by atoms with Crippen LogP contribution in [0.2, 0.25) is 0 Å². The second-order valence-corrected chi connectivity index (χ2v) is 18.9. The van der Waals surface area contributed by atoms with E-state index >= 15 is 4.39 Å². The lowest BCUT2D eigenvalue weighted by molar-refractivity contribution is -0.192. The monoisotopic (exact) mass is 1100 g/mol. The van der Waals surface area contributed by atoms with Gasteiger partial charge in [-0.1, -0.05) is 51.1 Å². The molecular formula is C52H61F5N10O11. The van der Waals surface area contributed by atoms with E-state index < -0.39 is 107 Å². The molecule has 26 heteroatoms. The first kappa shape index (κ1) is 62.0. The number of carbonyl (C=O) groups excluding carboxylic acids is 8. The quantitative estimate of drug-likeness (QED) is 0.0301. The third kappa shape index (κ3) is 17.3. The minimum absolute atomic E-state index is 0.0127. The molecule has 0 spiro atoms. The standard InChI is InChI=1S/C50H60F2N10O9.C2HF3O2/c1-30(48(70)61(39(46(54)68)11-8-22-57-49(55)71)34-13-15-35(16-14-34)62-42(65)18-19-43(62)66)58-41(64)20-23-56-47(69)38(53)21-24-60(44(67)29-63)45(50(2,3)4)40-25-32(36-26-33(51)12-17-37(36)52)28-59(40)27-31-9-6-5-7-10-31;3-2(4,5)1(6)7/h5-7,9-10,12-19,25-26,28,30,38-39,45,63H,8,11,20-24,27,29,53H2,1-4H3,(H2,54,68)(H,56,69)(H,58,64)(H3,55,57,71);(H,6,7)/t30-,38-,39-,45-;/m0./s1. The highest BCUT2D eigenvalue weighted by Crippen LogP contribution is 2.41. The highest BCUT2D eigenvalue weighted by atomic mass is 19.4. The van der Waals surface area contributed by atoms with E-state index in [9.17, 15) is 61.0 Å². The molecule has 11 N–H and O–H groups in total. The van der Waals surface area contributed by atoms with Crippen molar-refractivity contribution in [1.29, 1.82) is 0 Å². The van der Waals surface area contributed by atoms with Gasteiger partial charge >= 0.3 is 18.2 Å². The number of carboxylic acids is 1. The number of rotatable bonds is 23. The number of anilines is 2. The molecule has 5 rings (SSSR count). The van der Waals surface area contributed by atoms with E-state index in [0.29, 0.717) is 17.8 Å². The first-order valence-corrected chi connectivity index (χ1v) is 24.1. The van der Waals surface area contributed by atoms with Crippen molar-refractivity contribution in [1.82, 2.24) is 25.4 Å². The first-order valence-electron chi connectivity index (χ1n) is 24.1. The van der Waals surface area contributed by atoms with Crippen LogP contribution in [0.25, 0.3) is 11.1 Å². The maximum absolute atomic E-state index is 15.2. The summed E-state index contributed by atoms with van der Waals surface area (Å²) < 4.78 is 63.2. The lowest BCUT2D eigenvalue weighted by atomic mass is 9.82. The van der Waals surface area contributed by atoms with E-state index in [-0.39, 0.29) is 62.3 Å². The molecule has 0 aliphatic carbocycles. The Morgan fingerprint density at radius 2 is 1.44 bits per heavy atom. The Kier molecular flexibility index (Phi) is 21.9. The number of carboxylic acid groups (broad SMARTS) is 1. The minimum Gasteiger partial charge on any atom is -0.475 e. The van der Waals surface area contributed by atoms with Gasteiger partial charge in [-0.05, 0) is 85.7 Å². The molecule has 4 aromatic rings. The number of nitrogens with zero attached hydrogens (tertiary/aromatic N) is 4. The van der Waals surface area contributed by atoms with E-state index in [0.717, 1.165) is 45.7 Å². The molecule has 1 aliphatic rings. The van der Waals surface area contributed by atoms with E-state index in [1.54, 1.807) is 12.3 Å². The molecule has 0 radical (unpaired) electrons. The largest absolute Gasteiger partial charge is 0.490 e. The highest BCUT2D eigenvalue weighted by molar-refractivity contribution is 6.28. The summed E-state index contributed by atoms with van der Waals surface area (Å²) in [5.41, 5.74) is 18.7. The van der Waals surface area contributed by atoms with Crippen molar-refractivity contribution in [2.45, 2.75) is 90.3 Å². The van der Waals surface area contributed by atoms with Crippen molar-refractivity contribution in [2.24, 2.45) is 22.6 Å². The Labute approximate surface area is 444 Å². The van der Waals surface area contributed by atoms with Crippen LogP contribution in [0.1, 0.15) is 70.7 Å². The molecular weight excluding hydrogens is 1040 g/mol. The average molecular weight is 1100 g/mol. The molecule has 0 saturated carbocycles. The summed E-state index contributed by atoms with van der Waals surface area (Å²) >= 11 is 0. The van der Waals surface area contributed by atoms with Crippen LogP contribution in [-0.2, 0) is 44.9 Å². The fraction of sp³-hybridized carbons (Fsp3) is 0.365. The normalized spacial score (nSPS) is 13.8. The van der Waals surface area contributed by atoms with E-state index in [1.807, 2.05) is 55.7 Å². The molecule has 420 valence electrons. The van der Waals surface area contributed by atoms with Crippen molar-refractivity contribution in [3.63, 3.8) is 0 Å². The number of aromatic nitrogens is 1. The van der Waals surface area contributed by atoms with Gasteiger partial charge in [0.25, 0.3) is 11.8 Å². The SMILES string of the molecule is C[C@H](NC(=O)CCNC(=O)[C@@H](N)CCN(C(=O)CO)[C@@H](c1cc(-c2cc(F)ccc2F)cn1Cc1ccccc1)C(C)(C)C)C(=O)N(c1ccc(N2C(=O)C=CC2=O)cc1)[C@@H](CCCNC(N)=O)C(N)=O.O=C(O)C(F)(F)F. The number of aliphatic hydroxyl groups is 1. The van der Waals surface area contributed by atoms with Crippen molar-refractivity contribution in [3.8, 4) is 11.1 Å². The lowest BCUT2D eigenvalue weighted by Crippen LogP contribution is -2.55. The second-order valence-electron chi connectivity index (χ2n) is 18.9. The summed E-state index contributed by atoms with van der Waals surface area (Å²) in [6, 6.07) is 14.4. The van der Waals surface area contributed by atoms with Gasteiger partial charge in [0.05, 0.1) is 17.8 Å². The number of halogens is 5. The minimum atomic E-state index is -5.08. The zero-order valence-electron chi connectivity index (χ0n) is 42.9. The maximum Gasteiger partial charge on any atom is 0.490 e. The molecule has 9 amide bonds. The molecule has 1 aromatic heterocycles. The number of alkyl halides is 3. The molecule has 4 atom stereocenters. The van der Waals surface area contributed by atoms with Crippen LogP contribution in [0.5, 0.6) is 0 Å². The van der Waals surface area contributed by atoms with Crippen LogP contribution in [0.3, 0.4) is 0 Å².